The standard InChI is InChI=1S/C25H26FN7O2/c1-2-32-23(34)18-14-28-24(29-17-5-4-15-8-11-27-13-16(15)12-17)31-22(18)33(32)20-7-6-19(26)21(30-20)25(35)9-3-10-25/h4-7,12,14,27,35H,2-3,8-11,13H2,1H3,(H,28,29,31). The van der Waals surface area contributed by atoms with Crippen molar-refractivity contribution in [3.8, 4) is 5.82 Å². The second-order valence-corrected chi connectivity index (χ2v) is 9.18. The van der Waals surface area contributed by atoms with E-state index in [1.807, 2.05) is 13.0 Å². The van der Waals surface area contributed by atoms with Crippen LogP contribution in [-0.2, 0) is 25.1 Å². The Morgan fingerprint density at radius 1 is 1.20 bits per heavy atom. The number of pyridine rings is 1. The Morgan fingerprint density at radius 3 is 2.83 bits per heavy atom. The molecule has 1 aromatic carbocycles. The van der Waals surface area contributed by atoms with Crippen LogP contribution in [0.25, 0.3) is 16.9 Å². The number of aromatic nitrogens is 5. The number of anilines is 2. The van der Waals surface area contributed by atoms with E-state index in [9.17, 15) is 14.3 Å². The number of nitrogens with one attached hydrogen (secondary N) is 2. The van der Waals surface area contributed by atoms with Crippen LogP contribution in [0.5, 0.6) is 0 Å². The van der Waals surface area contributed by atoms with Crippen molar-refractivity contribution < 1.29 is 9.50 Å². The second-order valence-electron chi connectivity index (χ2n) is 9.18. The van der Waals surface area contributed by atoms with E-state index in [2.05, 4.69) is 37.7 Å². The van der Waals surface area contributed by atoms with Crippen LogP contribution in [0.3, 0.4) is 0 Å². The molecule has 0 unspecified atom stereocenters. The molecule has 0 atom stereocenters. The molecule has 4 aromatic rings. The fourth-order valence-electron chi connectivity index (χ4n) is 4.92. The number of halogens is 1. The van der Waals surface area contributed by atoms with Gasteiger partial charge in [-0.3, -0.25) is 4.79 Å². The fourth-order valence-corrected chi connectivity index (χ4v) is 4.92. The van der Waals surface area contributed by atoms with Gasteiger partial charge in [0, 0.05) is 25.0 Å². The summed E-state index contributed by atoms with van der Waals surface area (Å²) in [6, 6.07) is 8.96. The molecular formula is C25H26FN7O2. The van der Waals surface area contributed by atoms with Crippen LogP contribution in [-0.4, -0.2) is 36.0 Å². The second kappa shape index (κ2) is 8.24. The third kappa shape index (κ3) is 3.60. The van der Waals surface area contributed by atoms with Crippen molar-refractivity contribution in [1.82, 2.24) is 29.6 Å². The summed E-state index contributed by atoms with van der Waals surface area (Å²) in [6.45, 7) is 3.99. The van der Waals surface area contributed by atoms with Gasteiger partial charge >= 0.3 is 0 Å². The molecule has 180 valence electrons. The number of aliphatic hydroxyl groups is 1. The summed E-state index contributed by atoms with van der Waals surface area (Å²) in [5.74, 6) is 0.0973. The molecule has 0 saturated heterocycles. The Balaban J connectivity index is 1.45. The van der Waals surface area contributed by atoms with E-state index in [0.29, 0.717) is 42.2 Å². The molecule has 0 amide bonds. The third-order valence-electron chi connectivity index (χ3n) is 6.99. The Bertz CT molecular complexity index is 1510. The quantitative estimate of drug-likeness (QED) is 0.407. The van der Waals surface area contributed by atoms with E-state index in [1.54, 1.807) is 4.68 Å². The molecule has 1 aliphatic carbocycles. The smallest absolute Gasteiger partial charge is 0.278 e. The van der Waals surface area contributed by atoms with Gasteiger partial charge in [-0.2, -0.15) is 4.98 Å². The van der Waals surface area contributed by atoms with Gasteiger partial charge < -0.3 is 15.7 Å². The van der Waals surface area contributed by atoms with E-state index in [4.69, 9.17) is 0 Å². The molecule has 0 bridgehead atoms. The molecule has 0 radical (unpaired) electrons. The number of benzene rings is 1. The van der Waals surface area contributed by atoms with Gasteiger partial charge in [0.05, 0.1) is 0 Å². The van der Waals surface area contributed by atoms with Crippen molar-refractivity contribution in [2.45, 2.75) is 51.3 Å². The van der Waals surface area contributed by atoms with E-state index in [1.165, 1.54) is 34.1 Å². The van der Waals surface area contributed by atoms with Gasteiger partial charge in [-0.25, -0.2) is 23.7 Å². The summed E-state index contributed by atoms with van der Waals surface area (Å²) < 4.78 is 17.7. The van der Waals surface area contributed by atoms with Crippen molar-refractivity contribution in [1.29, 1.82) is 0 Å². The van der Waals surface area contributed by atoms with Gasteiger partial charge in [-0.05, 0) is 74.5 Å². The summed E-state index contributed by atoms with van der Waals surface area (Å²) in [5, 5.41) is 17.7. The first kappa shape index (κ1) is 21.9. The van der Waals surface area contributed by atoms with Gasteiger partial charge in [-0.1, -0.05) is 6.07 Å². The van der Waals surface area contributed by atoms with Crippen LogP contribution in [0.1, 0.15) is 43.0 Å². The average Bonchev–Trinajstić information content (AvgIpc) is 3.13. The lowest BCUT2D eigenvalue weighted by molar-refractivity contribution is -0.0457. The maximum atomic E-state index is 14.6. The number of hydrogen-bond acceptors (Lipinski definition) is 7. The van der Waals surface area contributed by atoms with Gasteiger partial charge in [0.1, 0.15) is 22.5 Å². The van der Waals surface area contributed by atoms with Crippen molar-refractivity contribution >= 4 is 22.7 Å². The van der Waals surface area contributed by atoms with Crippen molar-refractivity contribution in [2.24, 2.45) is 0 Å². The van der Waals surface area contributed by atoms with E-state index < -0.39 is 11.4 Å². The Labute approximate surface area is 200 Å². The zero-order chi connectivity index (χ0) is 24.2. The minimum Gasteiger partial charge on any atom is -0.383 e. The first-order chi connectivity index (χ1) is 17.0. The molecule has 10 heteroatoms. The Kier molecular flexibility index (Phi) is 5.15. The largest absolute Gasteiger partial charge is 0.383 e. The molecule has 0 spiro atoms. The van der Waals surface area contributed by atoms with Crippen molar-refractivity contribution in [3.63, 3.8) is 0 Å². The summed E-state index contributed by atoms with van der Waals surface area (Å²) >= 11 is 0. The summed E-state index contributed by atoms with van der Waals surface area (Å²) in [7, 11) is 0. The molecule has 1 aliphatic heterocycles. The minimum atomic E-state index is -1.27. The van der Waals surface area contributed by atoms with Gasteiger partial charge in [-0.15, -0.1) is 0 Å². The minimum absolute atomic E-state index is 0.00766. The normalized spacial score (nSPS) is 16.7. The zero-order valence-corrected chi connectivity index (χ0v) is 19.4. The topological polar surface area (TPSA) is 110 Å². The maximum Gasteiger partial charge on any atom is 0.278 e. The molecule has 2 aliphatic rings. The van der Waals surface area contributed by atoms with Gasteiger partial charge in [0.25, 0.3) is 5.56 Å². The fraction of sp³-hybridized carbons (Fsp3) is 0.360. The zero-order valence-electron chi connectivity index (χ0n) is 19.4. The molecule has 6 rings (SSSR count). The Morgan fingerprint density at radius 2 is 2.06 bits per heavy atom. The number of nitrogens with zero attached hydrogens (tertiary/aromatic N) is 5. The van der Waals surface area contributed by atoms with Crippen molar-refractivity contribution in [3.05, 3.63) is 69.5 Å². The molecule has 9 nitrogen and oxygen atoms in total. The van der Waals surface area contributed by atoms with E-state index >= 15 is 0 Å². The SMILES string of the molecule is CCn1c(=O)c2cnc(Nc3ccc4c(c3)CNCC4)nc2n1-c1ccc(F)c(C2(O)CCC2)n1. The lowest BCUT2D eigenvalue weighted by Crippen LogP contribution is -2.36. The van der Waals surface area contributed by atoms with Crippen LogP contribution in [0, 0.1) is 5.82 Å². The highest BCUT2D eigenvalue weighted by Gasteiger charge is 2.40. The highest BCUT2D eigenvalue weighted by Crippen LogP contribution is 2.41. The summed E-state index contributed by atoms with van der Waals surface area (Å²) in [5.41, 5.74) is 2.24. The monoisotopic (exact) mass is 475 g/mol. The number of hydrogen-bond donors (Lipinski definition) is 3. The number of fused-ring (bicyclic) bond motifs is 2. The molecule has 1 fully saturated rings. The van der Waals surface area contributed by atoms with Gasteiger partial charge in [0.15, 0.2) is 11.5 Å². The van der Waals surface area contributed by atoms with Crippen LogP contribution in [0.15, 0.2) is 41.3 Å². The first-order valence-electron chi connectivity index (χ1n) is 11.9. The molecule has 4 heterocycles. The average molecular weight is 476 g/mol. The van der Waals surface area contributed by atoms with E-state index in [-0.39, 0.29) is 11.3 Å². The highest BCUT2D eigenvalue weighted by atomic mass is 19.1. The summed E-state index contributed by atoms with van der Waals surface area (Å²) in [6.07, 6.45) is 4.23. The maximum absolute atomic E-state index is 14.6. The van der Waals surface area contributed by atoms with Crippen LogP contribution in [0.2, 0.25) is 0 Å². The molecule has 3 N–H and O–H groups in total. The predicted molar refractivity (Wildman–Crippen MR) is 129 cm³/mol. The Hall–Kier alpha value is -3.63. The highest BCUT2D eigenvalue weighted by molar-refractivity contribution is 5.77. The van der Waals surface area contributed by atoms with Crippen molar-refractivity contribution in [2.75, 3.05) is 11.9 Å². The van der Waals surface area contributed by atoms with Crippen LogP contribution >= 0.6 is 0 Å². The number of rotatable bonds is 5. The molecule has 35 heavy (non-hydrogen) atoms. The van der Waals surface area contributed by atoms with Crippen LogP contribution in [0.4, 0.5) is 16.0 Å². The van der Waals surface area contributed by atoms with E-state index in [0.717, 1.165) is 31.6 Å². The lowest BCUT2D eigenvalue weighted by atomic mass is 9.77. The lowest BCUT2D eigenvalue weighted by Gasteiger charge is -2.36. The van der Waals surface area contributed by atoms with Crippen LogP contribution < -0.4 is 16.2 Å². The van der Waals surface area contributed by atoms with Gasteiger partial charge in [0.2, 0.25) is 5.95 Å². The molecular weight excluding hydrogens is 449 g/mol. The molecule has 3 aromatic heterocycles. The summed E-state index contributed by atoms with van der Waals surface area (Å²) in [4.78, 5) is 26.6. The third-order valence-corrected chi connectivity index (χ3v) is 6.99. The predicted octanol–water partition coefficient (Wildman–Crippen LogP) is 2.90. The first-order valence-corrected chi connectivity index (χ1v) is 11.9. The molecule has 1 saturated carbocycles.